The molecule has 2 N–H and O–H groups in total. The second kappa shape index (κ2) is 5.43. The van der Waals surface area contributed by atoms with Crippen LogP contribution in [-0.4, -0.2) is 36.5 Å². The summed E-state index contributed by atoms with van der Waals surface area (Å²) < 4.78 is 0. The number of amides is 1. The molecule has 1 heterocycles. The monoisotopic (exact) mass is 188 g/mol. The summed E-state index contributed by atoms with van der Waals surface area (Å²) in [7, 11) is 0. The van der Waals surface area contributed by atoms with Gasteiger partial charge in [0.1, 0.15) is 0 Å². The summed E-state index contributed by atoms with van der Waals surface area (Å²) in [6.45, 7) is 3.72. The lowest BCUT2D eigenvalue weighted by Crippen LogP contribution is -2.41. The fraction of sp³-hybridized carbons (Fsp3) is 0.875. The molecule has 0 aromatic rings. The van der Waals surface area contributed by atoms with Gasteiger partial charge in [-0.15, -0.1) is 0 Å². The van der Waals surface area contributed by atoms with Gasteiger partial charge < -0.3 is 10.6 Å². The summed E-state index contributed by atoms with van der Waals surface area (Å²) in [6.07, 6.45) is 0.626. The van der Waals surface area contributed by atoms with Crippen molar-refractivity contribution in [3.8, 4) is 0 Å². The first kappa shape index (κ1) is 9.86. The molecule has 0 saturated carbocycles. The molecule has 0 bridgehead atoms. The van der Waals surface area contributed by atoms with Crippen molar-refractivity contribution in [1.82, 2.24) is 10.6 Å². The zero-order valence-corrected chi connectivity index (χ0v) is 8.25. The van der Waals surface area contributed by atoms with Crippen molar-refractivity contribution in [2.24, 2.45) is 0 Å². The van der Waals surface area contributed by atoms with Gasteiger partial charge in [-0.05, 0) is 6.92 Å². The number of carbonyl (C=O) groups is 1. The molecule has 1 aliphatic heterocycles. The van der Waals surface area contributed by atoms with E-state index in [1.54, 1.807) is 0 Å². The highest BCUT2D eigenvalue weighted by molar-refractivity contribution is 7.99. The number of hydrogen-bond acceptors (Lipinski definition) is 3. The van der Waals surface area contributed by atoms with E-state index in [0.29, 0.717) is 12.5 Å². The maximum Gasteiger partial charge on any atom is 0.221 e. The average molecular weight is 188 g/mol. The molecule has 1 rings (SSSR count). The van der Waals surface area contributed by atoms with E-state index in [4.69, 9.17) is 0 Å². The number of thioether (sulfide) groups is 1. The first-order valence-corrected chi connectivity index (χ1v) is 5.56. The Morgan fingerprint density at radius 3 is 3.17 bits per heavy atom. The second-order valence-electron chi connectivity index (χ2n) is 2.88. The van der Waals surface area contributed by atoms with Crippen LogP contribution in [0.2, 0.25) is 0 Å². The zero-order valence-electron chi connectivity index (χ0n) is 7.43. The molecule has 0 aromatic carbocycles. The highest BCUT2D eigenvalue weighted by Gasteiger charge is 2.15. The van der Waals surface area contributed by atoms with Gasteiger partial charge in [0, 0.05) is 37.1 Å². The second-order valence-corrected chi connectivity index (χ2v) is 4.03. The third kappa shape index (κ3) is 3.45. The van der Waals surface area contributed by atoms with Crippen molar-refractivity contribution < 1.29 is 4.79 Å². The lowest BCUT2D eigenvalue weighted by atomic mass is 10.2. The Balaban J connectivity index is 2.15. The predicted molar refractivity (Wildman–Crippen MR) is 52.4 cm³/mol. The molecule has 0 aromatic heterocycles. The maximum atomic E-state index is 11.2. The van der Waals surface area contributed by atoms with Crippen LogP contribution in [-0.2, 0) is 4.79 Å². The van der Waals surface area contributed by atoms with Gasteiger partial charge in [0.15, 0.2) is 0 Å². The Morgan fingerprint density at radius 2 is 2.58 bits per heavy atom. The topological polar surface area (TPSA) is 41.1 Å². The lowest BCUT2D eigenvalue weighted by molar-refractivity contribution is -0.121. The highest BCUT2D eigenvalue weighted by atomic mass is 32.2. The molecule has 12 heavy (non-hydrogen) atoms. The van der Waals surface area contributed by atoms with Crippen LogP contribution in [0.3, 0.4) is 0 Å². The van der Waals surface area contributed by atoms with Crippen LogP contribution in [0.5, 0.6) is 0 Å². The SMILES string of the molecule is CCNC(=O)CC1CSCCN1. The molecule has 1 amide bonds. The normalized spacial score (nSPS) is 23.6. The Kier molecular flexibility index (Phi) is 4.46. The van der Waals surface area contributed by atoms with Crippen molar-refractivity contribution >= 4 is 17.7 Å². The third-order valence-corrected chi connectivity index (χ3v) is 2.94. The first-order valence-electron chi connectivity index (χ1n) is 4.40. The van der Waals surface area contributed by atoms with Crippen molar-refractivity contribution in [3.05, 3.63) is 0 Å². The minimum absolute atomic E-state index is 0.164. The molecule has 0 spiro atoms. The molecule has 70 valence electrons. The van der Waals surface area contributed by atoms with Crippen molar-refractivity contribution in [2.75, 3.05) is 24.6 Å². The summed E-state index contributed by atoms with van der Waals surface area (Å²) >= 11 is 1.92. The third-order valence-electron chi connectivity index (χ3n) is 1.80. The smallest absolute Gasteiger partial charge is 0.221 e. The first-order chi connectivity index (χ1) is 5.83. The Morgan fingerprint density at radius 1 is 1.75 bits per heavy atom. The summed E-state index contributed by atoms with van der Waals surface area (Å²) in [4.78, 5) is 11.2. The minimum atomic E-state index is 0.164. The van der Waals surface area contributed by atoms with E-state index >= 15 is 0 Å². The van der Waals surface area contributed by atoms with Gasteiger partial charge >= 0.3 is 0 Å². The van der Waals surface area contributed by atoms with Gasteiger partial charge in [-0.3, -0.25) is 4.79 Å². The van der Waals surface area contributed by atoms with Gasteiger partial charge in [-0.25, -0.2) is 0 Å². The predicted octanol–water partition coefficient (Wildman–Crippen LogP) is 0.218. The Labute approximate surface area is 77.7 Å². The minimum Gasteiger partial charge on any atom is -0.356 e. The molecule has 1 atom stereocenters. The number of rotatable bonds is 3. The van der Waals surface area contributed by atoms with Crippen LogP contribution in [0.25, 0.3) is 0 Å². The summed E-state index contributed by atoms with van der Waals surface area (Å²) in [5.74, 6) is 2.40. The van der Waals surface area contributed by atoms with Crippen molar-refractivity contribution in [3.63, 3.8) is 0 Å². The standard InChI is InChI=1S/C8H16N2OS/c1-2-9-8(11)5-7-6-12-4-3-10-7/h7,10H,2-6H2,1H3,(H,9,11). The van der Waals surface area contributed by atoms with Crippen LogP contribution in [0.1, 0.15) is 13.3 Å². The fourth-order valence-electron chi connectivity index (χ4n) is 1.24. The van der Waals surface area contributed by atoms with Gasteiger partial charge in [-0.2, -0.15) is 11.8 Å². The van der Waals surface area contributed by atoms with Crippen LogP contribution in [0.15, 0.2) is 0 Å². The molecule has 1 fully saturated rings. The number of hydrogen-bond donors (Lipinski definition) is 2. The van der Waals surface area contributed by atoms with E-state index < -0.39 is 0 Å². The Hall–Kier alpha value is -0.220. The van der Waals surface area contributed by atoms with Gasteiger partial charge in [-0.1, -0.05) is 0 Å². The van der Waals surface area contributed by atoms with E-state index in [1.807, 2.05) is 18.7 Å². The van der Waals surface area contributed by atoms with E-state index in [-0.39, 0.29) is 5.91 Å². The fourth-order valence-corrected chi connectivity index (χ4v) is 2.19. The highest BCUT2D eigenvalue weighted by Crippen LogP contribution is 2.09. The molecule has 1 saturated heterocycles. The van der Waals surface area contributed by atoms with Gasteiger partial charge in [0.05, 0.1) is 0 Å². The maximum absolute atomic E-state index is 11.2. The summed E-state index contributed by atoms with van der Waals surface area (Å²) in [6, 6.07) is 0.385. The number of carbonyl (C=O) groups excluding carboxylic acids is 1. The molecule has 0 aliphatic carbocycles. The summed E-state index contributed by atoms with van der Waals surface area (Å²) in [5, 5.41) is 6.13. The quantitative estimate of drug-likeness (QED) is 0.665. The molecule has 0 radical (unpaired) electrons. The Bertz CT molecular complexity index is 146. The molecular weight excluding hydrogens is 172 g/mol. The van der Waals surface area contributed by atoms with Crippen LogP contribution < -0.4 is 10.6 Å². The van der Waals surface area contributed by atoms with Gasteiger partial charge in [0.25, 0.3) is 0 Å². The van der Waals surface area contributed by atoms with E-state index in [9.17, 15) is 4.79 Å². The number of nitrogens with one attached hydrogen (secondary N) is 2. The molecule has 3 nitrogen and oxygen atoms in total. The van der Waals surface area contributed by atoms with Crippen molar-refractivity contribution in [2.45, 2.75) is 19.4 Å². The van der Waals surface area contributed by atoms with E-state index in [1.165, 1.54) is 5.75 Å². The van der Waals surface area contributed by atoms with E-state index in [2.05, 4.69) is 10.6 Å². The molecule has 1 unspecified atom stereocenters. The van der Waals surface area contributed by atoms with Gasteiger partial charge in [0.2, 0.25) is 5.91 Å². The van der Waals surface area contributed by atoms with Crippen LogP contribution in [0.4, 0.5) is 0 Å². The summed E-state index contributed by atoms with van der Waals surface area (Å²) in [5.41, 5.74) is 0. The molecule has 4 heteroatoms. The van der Waals surface area contributed by atoms with E-state index in [0.717, 1.165) is 18.8 Å². The van der Waals surface area contributed by atoms with Crippen LogP contribution in [0, 0.1) is 0 Å². The largest absolute Gasteiger partial charge is 0.356 e. The lowest BCUT2D eigenvalue weighted by Gasteiger charge is -2.22. The zero-order chi connectivity index (χ0) is 8.81. The average Bonchev–Trinajstić information content (AvgIpc) is 2.06. The van der Waals surface area contributed by atoms with Crippen molar-refractivity contribution in [1.29, 1.82) is 0 Å². The van der Waals surface area contributed by atoms with Crippen LogP contribution >= 0.6 is 11.8 Å². The molecular formula is C8H16N2OS. The molecule has 1 aliphatic rings.